The minimum absolute atomic E-state index is 0.0240. The van der Waals surface area contributed by atoms with Crippen molar-refractivity contribution in [2.75, 3.05) is 19.8 Å². The van der Waals surface area contributed by atoms with Gasteiger partial charge in [-0.25, -0.2) is 8.42 Å². The molecule has 0 aromatic carbocycles. The maximum atomic E-state index is 11.8. The molecule has 0 N–H and O–H groups in total. The summed E-state index contributed by atoms with van der Waals surface area (Å²) in [5.41, 5.74) is 2.19. The van der Waals surface area contributed by atoms with E-state index < -0.39 is 14.6 Å². The lowest BCUT2D eigenvalue weighted by atomic mass is 9.89. The van der Waals surface area contributed by atoms with Crippen LogP contribution in [0.15, 0.2) is 6.20 Å². The van der Waals surface area contributed by atoms with Crippen molar-refractivity contribution in [3.63, 3.8) is 0 Å². The molecular formula is C15H29N3O2S. The molecule has 0 saturated carbocycles. The molecule has 1 rings (SSSR count). The van der Waals surface area contributed by atoms with Crippen molar-refractivity contribution < 1.29 is 8.42 Å². The minimum atomic E-state index is -3.09. The Morgan fingerprint density at radius 1 is 1.24 bits per heavy atom. The van der Waals surface area contributed by atoms with Gasteiger partial charge in [0.1, 0.15) is 0 Å². The van der Waals surface area contributed by atoms with Gasteiger partial charge in [-0.15, -0.1) is 0 Å². The molecule has 6 heteroatoms. The van der Waals surface area contributed by atoms with Gasteiger partial charge in [-0.2, -0.15) is 5.10 Å². The van der Waals surface area contributed by atoms with Gasteiger partial charge < -0.3 is 4.90 Å². The third-order valence-corrected chi connectivity index (χ3v) is 5.85. The quantitative estimate of drug-likeness (QED) is 0.833. The molecule has 0 aliphatic carbocycles. The molecular weight excluding hydrogens is 286 g/mol. The van der Waals surface area contributed by atoms with Crippen molar-refractivity contribution in [1.82, 2.24) is 14.7 Å². The zero-order valence-electron chi connectivity index (χ0n) is 14.6. The molecule has 1 heterocycles. The molecule has 0 fully saturated rings. The van der Waals surface area contributed by atoms with Crippen molar-refractivity contribution in [1.29, 1.82) is 0 Å². The van der Waals surface area contributed by atoms with Crippen LogP contribution in [0, 0.1) is 0 Å². The van der Waals surface area contributed by atoms with Crippen LogP contribution in [-0.2, 0) is 28.8 Å². The Hall–Kier alpha value is -0.880. The molecule has 0 saturated heterocycles. The number of aryl methyl sites for hydroxylation is 1. The summed E-state index contributed by atoms with van der Waals surface area (Å²) in [6.07, 6.45) is 3.32. The summed E-state index contributed by atoms with van der Waals surface area (Å²) in [6.45, 7) is 11.1. The smallest absolute Gasteiger partial charge is 0.153 e. The summed E-state index contributed by atoms with van der Waals surface area (Å²) in [5.74, 6) is 0. The molecule has 5 nitrogen and oxygen atoms in total. The molecule has 1 aromatic rings. The zero-order valence-corrected chi connectivity index (χ0v) is 15.4. The first-order chi connectivity index (χ1) is 9.24. The summed E-state index contributed by atoms with van der Waals surface area (Å²) in [4.78, 5) is 2.05. The number of aromatic nitrogens is 2. The summed E-state index contributed by atoms with van der Waals surface area (Å²) in [7, 11) is 0.781. The lowest BCUT2D eigenvalue weighted by molar-refractivity contribution is 0.294. The van der Waals surface area contributed by atoms with E-state index >= 15 is 0 Å². The van der Waals surface area contributed by atoms with Crippen LogP contribution in [0.4, 0.5) is 0 Å². The monoisotopic (exact) mass is 315 g/mol. The van der Waals surface area contributed by atoms with Crippen molar-refractivity contribution in [2.24, 2.45) is 7.05 Å². The standard InChI is InChI=1S/C15H29N3O2S/c1-14(2,3)13-12(10-18(7)16-13)9-17(6)11-15(4,5)21(8,19)20/h10H,9,11H2,1-8H3. The first-order valence-electron chi connectivity index (χ1n) is 7.15. The molecule has 0 amide bonds. The Labute approximate surface area is 129 Å². The maximum Gasteiger partial charge on any atom is 0.153 e. The van der Waals surface area contributed by atoms with Crippen LogP contribution in [0.2, 0.25) is 0 Å². The summed E-state index contributed by atoms with van der Waals surface area (Å²) in [5, 5.41) is 4.55. The second kappa shape index (κ2) is 5.72. The van der Waals surface area contributed by atoms with Crippen LogP contribution in [0.1, 0.15) is 45.9 Å². The van der Waals surface area contributed by atoms with E-state index in [0.717, 1.165) is 11.3 Å². The number of hydrogen-bond donors (Lipinski definition) is 0. The van der Waals surface area contributed by atoms with E-state index in [1.54, 1.807) is 13.8 Å². The fraction of sp³-hybridized carbons (Fsp3) is 0.800. The number of sulfone groups is 1. The first kappa shape index (κ1) is 18.2. The predicted molar refractivity (Wildman–Crippen MR) is 87.2 cm³/mol. The highest BCUT2D eigenvalue weighted by Gasteiger charge is 2.32. The minimum Gasteiger partial charge on any atom is -0.300 e. The van der Waals surface area contributed by atoms with Crippen molar-refractivity contribution in [2.45, 2.75) is 51.3 Å². The van der Waals surface area contributed by atoms with Crippen LogP contribution in [0.3, 0.4) is 0 Å². The van der Waals surface area contributed by atoms with E-state index in [9.17, 15) is 8.42 Å². The van der Waals surface area contributed by atoms with Crippen LogP contribution in [0.25, 0.3) is 0 Å². The van der Waals surface area contributed by atoms with Gasteiger partial charge >= 0.3 is 0 Å². The van der Waals surface area contributed by atoms with E-state index in [1.165, 1.54) is 6.26 Å². The molecule has 0 aliphatic heterocycles. The summed E-state index contributed by atoms with van der Waals surface area (Å²) in [6, 6.07) is 0. The average molecular weight is 315 g/mol. The Morgan fingerprint density at radius 2 is 1.76 bits per heavy atom. The first-order valence-corrected chi connectivity index (χ1v) is 9.04. The van der Waals surface area contributed by atoms with E-state index in [-0.39, 0.29) is 5.41 Å². The number of rotatable bonds is 5. The molecule has 0 atom stereocenters. The van der Waals surface area contributed by atoms with Gasteiger partial charge in [0.15, 0.2) is 9.84 Å². The lowest BCUT2D eigenvalue weighted by Gasteiger charge is -2.29. The number of nitrogens with zero attached hydrogens (tertiary/aromatic N) is 3. The topological polar surface area (TPSA) is 55.2 Å². The zero-order chi connectivity index (χ0) is 16.6. The lowest BCUT2D eigenvalue weighted by Crippen LogP contribution is -2.42. The third kappa shape index (κ3) is 4.54. The second-order valence-electron chi connectivity index (χ2n) is 7.63. The molecule has 0 unspecified atom stereocenters. The van der Waals surface area contributed by atoms with Gasteiger partial charge in [0.25, 0.3) is 0 Å². The molecule has 122 valence electrons. The summed E-state index contributed by atoms with van der Waals surface area (Å²) >= 11 is 0. The Kier molecular flexibility index (Phi) is 4.95. The maximum absolute atomic E-state index is 11.8. The number of hydrogen-bond acceptors (Lipinski definition) is 4. The van der Waals surface area contributed by atoms with Gasteiger partial charge in [-0.05, 0) is 20.9 Å². The van der Waals surface area contributed by atoms with Crippen LogP contribution in [-0.4, -0.2) is 47.7 Å². The molecule has 0 spiro atoms. The van der Waals surface area contributed by atoms with Crippen molar-refractivity contribution in [3.8, 4) is 0 Å². The molecule has 0 radical (unpaired) electrons. The van der Waals surface area contributed by atoms with E-state index in [4.69, 9.17) is 0 Å². The Bertz CT molecular complexity index is 595. The van der Waals surface area contributed by atoms with E-state index in [0.29, 0.717) is 13.1 Å². The average Bonchev–Trinajstić information content (AvgIpc) is 2.55. The SMILES string of the molecule is CN(Cc1cn(C)nc1C(C)(C)C)CC(C)(C)S(C)(=O)=O. The Balaban J connectivity index is 2.93. The molecule has 1 aromatic heterocycles. The molecule has 0 aliphatic rings. The van der Waals surface area contributed by atoms with Gasteiger partial charge in [0.2, 0.25) is 0 Å². The summed E-state index contributed by atoms with van der Waals surface area (Å²) < 4.78 is 24.7. The van der Waals surface area contributed by atoms with Crippen molar-refractivity contribution >= 4 is 9.84 Å². The van der Waals surface area contributed by atoms with Gasteiger partial charge in [-0.3, -0.25) is 4.68 Å². The van der Waals surface area contributed by atoms with Crippen LogP contribution >= 0.6 is 0 Å². The largest absolute Gasteiger partial charge is 0.300 e. The van der Waals surface area contributed by atoms with Crippen LogP contribution in [0.5, 0.6) is 0 Å². The highest BCUT2D eigenvalue weighted by molar-refractivity contribution is 7.92. The van der Waals surface area contributed by atoms with Crippen LogP contribution < -0.4 is 0 Å². The fourth-order valence-corrected chi connectivity index (χ4v) is 2.85. The van der Waals surface area contributed by atoms with Gasteiger partial charge in [0, 0.05) is 43.6 Å². The highest BCUT2D eigenvalue weighted by Crippen LogP contribution is 2.25. The Morgan fingerprint density at radius 3 is 2.19 bits per heavy atom. The highest BCUT2D eigenvalue weighted by atomic mass is 32.2. The van der Waals surface area contributed by atoms with Crippen molar-refractivity contribution in [3.05, 3.63) is 17.5 Å². The third-order valence-electron chi connectivity index (χ3n) is 3.71. The molecule has 0 bridgehead atoms. The normalized spacial score (nSPS) is 14.0. The van der Waals surface area contributed by atoms with Gasteiger partial charge in [-0.1, -0.05) is 20.8 Å². The second-order valence-corrected chi connectivity index (χ2v) is 10.3. The fourth-order valence-electron chi connectivity index (χ4n) is 2.40. The van der Waals surface area contributed by atoms with E-state index in [1.807, 2.05) is 29.9 Å². The predicted octanol–water partition coefficient (Wildman–Crippen LogP) is 1.97. The molecule has 21 heavy (non-hydrogen) atoms. The van der Waals surface area contributed by atoms with E-state index in [2.05, 4.69) is 25.9 Å². The van der Waals surface area contributed by atoms with Gasteiger partial charge in [0.05, 0.1) is 10.4 Å².